The highest BCUT2D eigenvalue weighted by molar-refractivity contribution is 6.04. The first kappa shape index (κ1) is 63.9. The molecule has 4 fully saturated rings. The number of aliphatic carboxylic acids is 3. The number of carbonyl (C=O) groups is 9. The van der Waals surface area contributed by atoms with Crippen molar-refractivity contribution in [1.29, 1.82) is 0 Å². The molecule has 0 aromatic heterocycles. The molecule has 11 N–H and O–H groups in total. The molecule has 3 unspecified atom stereocenters. The number of phenolic OH excluding ortho intramolecular Hbond substituents is 3. The van der Waals surface area contributed by atoms with E-state index in [9.17, 15) is 88.8 Å². The van der Waals surface area contributed by atoms with Gasteiger partial charge in [0, 0.05) is 50.7 Å². The Morgan fingerprint density at radius 1 is 0.549 bits per heavy atom. The number of nitrogens with two attached hydrogens (primary N) is 1. The number of amides is 4. The zero-order valence-corrected chi connectivity index (χ0v) is 42.0. The number of hydroxylamine groups is 2. The van der Waals surface area contributed by atoms with Crippen LogP contribution in [0.4, 0.5) is 22.7 Å². The third-order valence-corrected chi connectivity index (χ3v) is 11.4. The Morgan fingerprint density at radius 3 is 1.33 bits per heavy atom. The Kier molecular flexibility index (Phi) is 22.9. The van der Waals surface area contributed by atoms with Gasteiger partial charge in [-0.15, -0.1) is 5.06 Å². The molecule has 4 aromatic rings. The number of nitrogens with one attached hydrogen (secondary N) is 1. The average Bonchev–Trinajstić information content (AvgIpc) is 3.90. The molecular formula is C47H48N8O27. The highest BCUT2D eigenvalue weighted by atomic mass is 16.7. The normalized spacial score (nSPS) is 17.2. The maximum absolute atomic E-state index is 12.3. The van der Waals surface area contributed by atoms with E-state index in [4.69, 9.17) is 45.5 Å². The van der Waals surface area contributed by atoms with Crippen molar-refractivity contribution in [3.05, 3.63) is 125 Å². The van der Waals surface area contributed by atoms with Crippen LogP contribution in [0, 0.1) is 30.3 Å². The van der Waals surface area contributed by atoms with Crippen molar-refractivity contribution >= 4 is 76.2 Å². The van der Waals surface area contributed by atoms with Crippen LogP contribution in [0.1, 0.15) is 54.3 Å². The molecule has 0 radical (unpaired) electrons. The summed E-state index contributed by atoms with van der Waals surface area (Å²) in [5.74, 6) is -11.4. The maximum atomic E-state index is 12.3. The summed E-state index contributed by atoms with van der Waals surface area (Å²) in [5, 5.41) is 108. The van der Waals surface area contributed by atoms with Gasteiger partial charge in [0.15, 0.2) is 17.8 Å². The quantitative estimate of drug-likeness (QED) is 0.0325. The Balaban J connectivity index is 0.000000226. The first-order valence-electron chi connectivity index (χ1n) is 23.3. The van der Waals surface area contributed by atoms with E-state index in [0.717, 1.165) is 35.2 Å². The van der Waals surface area contributed by atoms with Crippen LogP contribution < -0.4 is 11.1 Å². The topological polar surface area (TPSA) is 530 Å². The number of aromatic carboxylic acids is 1. The summed E-state index contributed by atoms with van der Waals surface area (Å²) >= 11 is 0. The molecule has 0 spiro atoms. The predicted molar refractivity (Wildman–Crippen MR) is 267 cm³/mol. The number of imide groups is 1. The number of hydrogen-bond donors (Lipinski definition) is 10. The van der Waals surface area contributed by atoms with Crippen LogP contribution in [0.2, 0.25) is 0 Å². The average molecular weight is 1160 g/mol. The number of carboxylic acid groups (broad SMARTS) is 4. The second-order valence-corrected chi connectivity index (χ2v) is 16.6. The minimum atomic E-state index is -1.40. The van der Waals surface area contributed by atoms with Crippen LogP contribution in [0.3, 0.4) is 0 Å². The minimum Gasteiger partial charge on any atom is -0.505 e. The zero-order chi connectivity index (χ0) is 61.1. The summed E-state index contributed by atoms with van der Waals surface area (Å²) in [5.41, 5.74) is 2.39. The number of hydrogen-bond acceptors (Lipinski definition) is 25. The summed E-state index contributed by atoms with van der Waals surface area (Å²) in [7, 11) is 0. The number of nitro benzene ring substituents is 3. The maximum Gasteiger partial charge on any atom is 0.367 e. The lowest BCUT2D eigenvalue weighted by Gasteiger charge is -2.33. The molecule has 438 valence electrons. The Morgan fingerprint density at radius 2 is 0.939 bits per heavy atom. The minimum absolute atomic E-state index is 0.00634. The number of benzene rings is 4. The fourth-order valence-electron chi connectivity index (χ4n) is 7.21. The van der Waals surface area contributed by atoms with E-state index >= 15 is 0 Å². The molecule has 0 aliphatic carbocycles. The van der Waals surface area contributed by atoms with Crippen LogP contribution in [0.15, 0.2) is 72.8 Å². The molecule has 35 heteroatoms. The van der Waals surface area contributed by atoms with E-state index in [1.807, 2.05) is 0 Å². The molecule has 3 atom stereocenters. The lowest BCUT2D eigenvalue weighted by Crippen LogP contribution is -2.52. The summed E-state index contributed by atoms with van der Waals surface area (Å²) in [6.45, 7) is 1.91. The number of ether oxygens (including phenoxy) is 3. The van der Waals surface area contributed by atoms with Crippen molar-refractivity contribution < 1.29 is 118 Å². The van der Waals surface area contributed by atoms with Crippen LogP contribution in [0.25, 0.3) is 0 Å². The summed E-state index contributed by atoms with van der Waals surface area (Å²) < 4.78 is 15.0. The van der Waals surface area contributed by atoms with Crippen LogP contribution in [-0.4, -0.2) is 201 Å². The molecule has 4 aliphatic rings. The molecule has 0 saturated carbocycles. The van der Waals surface area contributed by atoms with Crippen molar-refractivity contribution in [2.75, 3.05) is 65.0 Å². The number of morpholine rings is 3. The van der Waals surface area contributed by atoms with Crippen LogP contribution >= 0.6 is 0 Å². The van der Waals surface area contributed by atoms with E-state index in [1.54, 1.807) is 0 Å². The molecule has 0 bridgehead atoms. The van der Waals surface area contributed by atoms with Crippen molar-refractivity contribution in [1.82, 2.24) is 20.2 Å². The molecule has 8 rings (SSSR count). The number of carboxylic acids is 4. The molecule has 4 aromatic carbocycles. The molecule has 4 aliphatic heterocycles. The van der Waals surface area contributed by atoms with Gasteiger partial charge < -0.3 is 80.8 Å². The second kappa shape index (κ2) is 29.4. The van der Waals surface area contributed by atoms with E-state index in [-0.39, 0.29) is 81.5 Å². The number of aromatic hydroxyl groups is 4. The van der Waals surface area contributed by atoms with Crippen LogP contribution in [-0.2, 0) is 43.0 Å². The highest BCUT2D eigenvalue weighted by Gasteiger charge is 2.38. The third-order valence-electron chi connectivity index (χ3n) is 11.4. The summed E-state index contributed by atoms with van der Waals surface area (Å²) in [6, 6.07) is 11.7. The SMILES string of the molecule is Nc1cccc(C(=O)N2CCOCC2C(=O)O)c1O.O=C(O)C1COCCN1.O=C(O)C1COCCN1C(=O)c1cccc([N+](=O)[O-])c1O.O=C(O)c1cccc([N+](=O)[O-])c1O.O=C(ON1C(=O)CCC1=O)c1cccc([N+](=O)[O-])c1O. The standard InChI is InChI=1S/C12H12N2O7.C12H14N2O5.C11H8N2O7.C7H5NO5.C5H9NO3/c15-10-7(2-1-3-8(10)14(19)20)11(16)13-4-5-21-6-9(13)12(17)18;13-8-3-1-2-7(10(8)15)11(16)14-4-5-19-6-9(14)12(17)18;14-8-4-5-9(15)12(8)20-11(17)6-2-1-3-7(10(6)16)13(18)19;9-6-4(7(10)11)2-1-3-5(6)8(12)13;7-5(8)4-3-9-2-1-6-4/h1-3,9,15H,4-6H2,(H,17,18);1-3,9,15H,4-6,13H2,(H,17,18);1-3,16H,4-5H2;1-3,9H,(H,10,11);4,6H,1-3H2,(H,7,8). The van der Waals surface area contributed by atoms with Gasteiger partial charge in [-0.05, 0) is 30.3 Å². The largest absolute Gasteiger partial charge is 0.505 e. The van der Waals surface area contributed by atoms with Gasteiger partial charge in [-0.1, -0.05) is 24.3 Å². The van der Waals surface area contributed by atoms with Gasteiger partial charge >= 0.3 is 46.9 Å². The number of nitro groups is 3. The monoisotopic (exact) mass is 1160 g/mol. The number of carbonyl (C=O) groups excluding carboxylic acids is 5. The molecule has 82 heavy (non-hydrogen) atoms. The summed E-state index contributed by atoms with van der Waals surface area (Å²) in [6.07, 6.45) is -0.153. The molecule has 4 heterocycles. The van der Waals surface area contributed by atoms with Gasteiger partial charge in [0.25, 0.3) is 23.6 Å². The summed E-state index contributed by atoms with van der Waals surface area (Å²) in [4.78, 5) is 138. The van der Waals surface area contributed by atoms with Crippen molar-refractivity contribution in [2.45, 2.75) is 31.0 Å². The molecule has 4 saturated heterocycles. The van der Waals surface area contributed by atoms with Gasteiger partial charge in [-0.3, -0.25) is 54.3 Å². The first-order chi connectivity index (χ1) is 38.7. The zero-order valence-electron chi connectivity index (χ0n) is 42.0. The number of phenols is 4. The number of rotatable bonds is 11. The fraction of sp³-hybridized carbons (Fsp3) is 0.298. The van der Waals surface area contributed by atoms with Gasteiger partial charge in [-0.2, -0.15) is 0 Å². The van der Waals surface area contributed by atoms with Gasteiger partial charge in [0.05, 0.1) is 71.2 Å². The van der Waals surface area contributed by atoms with Gasteiger partial charge in [-0.25, -0.2) is 19.2 Å². The Hall–Kier alpha value is -10.7. The number of para-hydroxylation sites is 4. The highest BCUT2D eigenvalue weighted by Crippen LogP contribution is 2.33. The number of nitrogen functional groups attached to an aromatic ring is 1. The van der Waals surface area contributed by atoms with Gasteiger partial charge in [0.1, 0.15) is 17.2 Å². The van der Waals surface area contributed by atoms with Crippen molar-refractivity contribution in [3.8, 4) is 23.0 Å². The number of anilines is 1. The Labute approximate surface area is 457 Å². The van der Waals surface area contributed by atoms with Crippen LogP contribution in [0.5, 0.6) is 23.0 Å². The van der Waals surface area contributed by atoms with E-state index in [2.05, 4.69) is 10.2 Å². The second-order valence-electron chi connectivity index (χ2n) is 16.6. The first-order valence-corrected chi connectivity index (χ1v) is 23.3. The van der Waals surface area contributed by atoms with E-state index in [1.165, 1.54) is 47.4 Å². The van der Waals surface area contributed by atoms with E-state index in [0.29, 0.717) is 18.2 Å². The van der Waals surface area contributed by atoms with E-state index < -0.39 is 132 Å². The fourth-order valence-corrected chi connectivity index (χ4v) is 7.21. The van der Waals surface area contributed by atoms with Crippen molar-refractivity contribution in [2.24, 2.45) is 0 Å². The molecular weight excluding hydrogens is 1110 g/mol. The lowest BCUT2D eigenvalue weighted by molar-refractivity contribution is -0.386. The van der Waals surface area contributed by atoms with Crippen molar-refractivity contribution in [3.63, 3.8) is 0 Å². The predicted octanol–water partition coefficient (Wildman–Crippen LogP) is 0.705. The molecule has 35 nitrogen and oxygen atoms in total. The van der Waals surface area contributed by atoms with Gasteiger partial charge in [0.2, 0.25) is 17.2 Å². The Bertz CT molecular complexity index is 3080. The number of nitrogens with zero attached hydrogens (tertiary/aromatic N) is 6. The molecule has 4 amide bonds. The smallest absolute Gasteiger partial charge is 0.367 e. The third kappa shape index (κ3) is 16.4. The lowest BCUT2D eigenvalue weighted by atomic mass is 10.1.